The topological polar surface area (TPSA) is 160 Å². The lowest BCUT2D eigenvalue weighted by atomic mass is 10.1. The summed E-state index contributed by atoms with van der Waals surface area (Å²) in [5.41, 5.74) is 5.43. The average Bonchev–Trinajstić information content (AvgIpc) is 3.90. The molecule has 2 aromatic heterocycles. The number of morpholine rings is 2. The standard InChI is InChI=1S/C18H21N5O2.C14H19ClN2O2.C4H3N3/c1-2-21(18(24)23-14-16(11-19)12-20-23)13-15-4-3-5-17(10-15)22-6-8-25-9-7-22;1-2-16(14(15)18)11-12-4-3-5-13(10-12)17-6-8-19-9-7-17;5-1-4-2-6-7-3-4/h3-5,10,12,14H,2,6-9,13H2,1H3;3-5,10H,2,6-9,11H2,1H3;2-3H,(H,6,7). The molecule has 6 rings (SSSR count). The predicted molar refractivity (Wildman–Crippen MR) is 193 cm³/mol. The zero-order valence-electron chi connectivity index (χ0n) is 28.9. The smallest absolute Gasteiger partial charge is 0.344 e. The molecule has 0 unspecified atom stereocenters. The molecule has 4 aromatic rings. The van der Waals surface area contributed by atoms with Crippen LogP contribution in [0.5, 0.6) is 0 Å². The van der Waals surface area contributed by atoms with Crippen molar-refractivity contribution < 1.29 is 19.1 Å². The van der Waals surface area contributed by atoms with Crippen molar-refractivity contribution >= 4 is 34.4 Å². The van der Waals surface area contributed by atoms with E-state index in [1.807, 2.05) is 50.3 Å². The number of anilines is 2. The molecule has 51 heavy (non-hydrogen) atoms. The Morgan fingerprint density at radius 2 is 1.35 bits per heavy atom. The van der Waals surface area contributed by atoms with Gasteiger partial charge in [-0.05, 0) is 60.8 Å². The lowest BCUT2D eigenvalue weighted by molar-refractivity contribution is 0.122. The molecule has 2 fully saturated rings. The molecule has 0 saturated carbocycles. The van der Waals surface area contributed by atoms with Crippen LogP contribution in [0.3, 0.4) is 0 Å². The third-order valence-corrected chi connectivity index (χ3v) is 8.38. The zero-order valence-corrected chi connectivity index (χ0v) is 29.7. The molecule has 2 saturated heterocycles. The fourth-order valence-corrected chi connectivity index (χ4v) is 5.52. The van der Waals surface area contributed by atoms with Gasteiger partial charge in [-0.2, -0.15) is 25.4 Å². The van der Waals surface area contributed by atoms with Crippen molar-refractivity contribution in [1.29, 1.82) is 10.5 Å². The number of hydrogen-bond donors (Lipinski definition) is 1. The summed E-state index contributed by atoms with van der Waals surface area (Å²) >= 11 is 5.54. The summed E-state index contributed by atoms with van der Waals surface area (Å²) in [6.07, 6.45) is 5.86. The Kier molecular flexibility index (Phi) is 15.3. The van der Waals surface area contributed by atoms with Gasteiger partial charge < -0.3 is 29.1 Å². The number of benzene rings is 2. The Balaban J connectivity index is 0.000000197. The number of rotatable bonds is 8. The molecule has 2 amide bonds. The number of nitrogens with zero attached hydrogens (tertiary/aromatic N) is 9. The molecule has 4 heterocycles. The van der Waals surface area contributed by atoms with Gasteiger partial charge >= 0.3 is 11.4 Å². The third kappa shape index (κ3) is 11.9. The molecule has 268 valence electrons. The van der Waals surface area contributed by atoms with Crippen molar-refractivity contribution in [2.75, 3.05) is 75.5 Å². The average molecular weight is 715 g/mol. The van der Waals surface area contributed by atoms with Gasteiger partial charge in [-0.3, -0.25) is 9.89 Å². The van der Waals surface area contributed by atoms with Gasteiger partial charge in [0, 0.05) is 69.9 Å². The van der Waals surface area contributed by atoms with Gasteiger partial charge in [-0.1, -0.05) is 24.3 Å². The number of nitriles is 2. The SMILES string of the molecule is CCN(Cc1cccc(N2CCOCC2)c1)C(=O)Cl.CCN(Cc1cccc(N2CCOCC2)c1)C(=O)n1cc(C#N)cn1.N#Cc1cn[nH]c1. The molecular formula is C36H43ClN10O4. The normalized spacial score (nSPS) is 13.7. The number of carbonyl (C=O) groups excluding carboxylic acids is 2. The lowest BCUT2D eigenvalue weighted by Crippen LogP contribution is -2.36. The van der Waals surface area contributed by atoms with Crippen LogP contribution in [-0.2, 0) is 22.6 Å². The van der Waals surface area contributed by atoms with Crippen molar-refractivity contribution in [3.05, 3.63) is 95.6 Å². The minimum atomic E-state index is -0.403. The number of ether oxygens (including phenoxy) is 2. The summed E-state index contributed by atoms with van der Waals surface area (Å²) < 4.78 is 12.0. The van der Waals surface area contributed by atoms with E-state index in [-0.39, 0.29) is 6.03 Å². The Labute approximate surface area is 303 Å². The predicted octanol–water partition coefficient (Wildman–Crippen LogP) is 5.07. The molecular weight excluding hydrogens is 672 g/mol. The highest BCUT2D eigenvalue weighted by Crippen LogP contribution is 2.20. The third-order valence-electron chi connectivity index (χ3n) is 8.14. The Morgan fingerprint density at radius 1 is 0.824 bits per heavy atom. The lowest BCUT2D eigenvalue weighted by Gasteiger charge is -2.29. The fourth-order valence-electron chi connectivity index (χ4n) is 5.34. The molecule has 0 spiro atoms. The van der Waals surface area contributed by atoms with E-state index in [2.05, 4.69) is 49.4 Å². The van der Waals surface area contributed by atoms with Crippen LogP contribution in [0.25, 0.3) is 0 Å². The monoisotopic (exact) mass is 714 g/mol. The second-order valence-electron chi connectivity index (χ2n) is 11.5. The van der Waals surface area contributed by atoms with Crippen molar-refractivity contribution in [2.24, 2.45) is 0 Å². The minimum absolute atomic E-state index is 0.235. The summed E-state index contributed by atoms with van der Waals surface area (Å²) in [4.78, 5) is 31.7. The zero-order chi connectivity index (χ0) is 36.4. The van der Waals surface area contributed by atoms with E-state index in [0.29, 0.717) is 37.3 Å². The number of amides is 2. The summed E-state index contributed by atoms with van der Waals surface area (Å²) in [6, 6.07) is 20.1. The maximum absolute atomic E-state index is 12.6. The van der Waals surface area contributed by atoms with E-state index in [1.54, 1.807) is 16.0 Å². The molecule has 15 heteroatoms. The Hall–Kier alpha value is -5.41. The van der Waals surface area contributed by atoms with Crippen LogP contribution in [0.2, 0.25) is 0 Å². The summed E-state index contributed by atoms with van der Waals surface area (Å²) in [5, 5.41) is 26.6. The van der Waals surface area contributed by atoms with E-state index in [4.69, 9.17) is 31.6 Å². The van der Waals surface area contributed by atoms with Crippen LogP contribution in [0.4, 0.5) is 21.0 Å². The molecule has 2 aliphatic heterocycles. The minimum Gasteiger partial charge on any atom is -0.378 e. The van der Waals surface area contributed by atoms with Crippen LogP contribution < -0.4 is 9.80 Å². The second kappa shape index (κ2) is 20.3. The van der Waals surface area contributed by atoms with Gasteiger partial charge in [0.15, 0.2) is 0 Å². The van der Waals surface area contributed by atoms with Gasteiger partial charge in [0.05, 0.1) is 56.1 Å². The van der Waals surface area contributed by atoms with Crippen LogP contribution in [0, 0.1) is 22.7 Å². The quantitative estimate of drug-likeness (QED) is 0.193. The first kappa shape index (κ1) is 38.4. The molecule has 2 aliphatic rings. The molecule has 0 atom stereocenters. The number of nitrogens with one attached hydrogen (secondary N) is 1. The highest BCUT2D eigenvalue weighted by Gasteiger charge is 2.17. The van der Waals surface area contributed by atoms with Gasteiger partial charge in [-0.15, -0.1) is 0 Å². The van der Waals surface area contributed by atoms with Crippen molar-refractivity contribution in [2.45, 2.75) is 26.9 Å². The summed E-state index contributed by atoms with van der Waals surface area (Å²) in [6.45, 7) is 12.7. The van der Waals surface area contributed by atoms with Gasteiger partial charge in [-0.25, -0.2) is 4.79 Å². The van der Waals surface area contributed by atoms with Gasteiger partial charge in [0.1, 0.15) is 12.1 Å². The van der Waals surface area contributed by atoms with Crippen molar-refractivity contribution in [3.63, 3.8) is 0 Å². The van der Waals surface area contributed by atoms with Crippen LogP contribution in [0.1, 0.15) is 36.1 Å². The van der Waals surface area contributed by atoms with E-state index >= 15 is 0 Å². The number of H-pyrrole nitrogens is 1. The highest BCUT2D eigenvalue weighted by molar-refractivity contribution is 6.62. The number of aromatic amines is 1. The molecule has 1 N–H and O–H groups in total. The number of carbonyl (C=O) groups is 2. The molecule has 0 radical (unpaired) electrons. The molecule has 2 aromatic carbocycles. The molecule has 0 bridgehead atoms. The molecule has 14 nitrogen and oxygen atoms in total. The molecule has 0 aliphatic carbocycles. The number of aromatic nitrogens is 4. The fraction of sp³-hybridized carbons (Fsp3) is 0.389. The first-order valence-corrected chi connectivity index (χ1v) is 17.1. The Morgan fingerprint density at radius 3 is 1.76 bits per heavy atom. The van der Waals surface area contributed by atoms with E-state index in [9.17, 15) is 9.59 Å². The highest BCUT2D eigenvalue weighted by atomic mass is 35.5. The van der Waals surface area contributed by atoms with Crippen molar-refractivity contribution in [3.8, 4) is 12.1 Å². The summed E-state index contributed by atoms with van der Waals surface area (Å²) in [7, 11) is 0. The van der Waals surface area contributed by atoms with E-state index < -0.39 is 5.37 Å². The van der Waals surface area contributed by atoms with Crippen molar-refractivity contribution in [1.82, 2.24) is 29.8 Å². The largest absolute Gasteiger partial charge is 0.378 e. The van der Waals surface area contributed by atoms with Gasteiger partial charge in [0.25, 0.3) is 0 Å². The second-order valence-corrected chi connectivity index (χ2v) is 11.8. The van der Waals surface area contributed by atoms with E-state index in [0.717, 1.165) is 69.4 Å². The van der Waals surface area contributed by atoms with E-state index in [1.165, 1.54) is 29.0 Å². The maximum Gasteiger partial charge on any atom is 0.344 e. The van der Waals surface area contributed by atoms with Crippen LogP contribution >= 0.6 is 11.6 Å². The maximum atomic E-state index is 12.6. The van der Waals surface area contributed by atoms with Gasteiger partial charge in [0.2, 0.25) is 0 Å². The Bertz CT molecular complexity index is 1760. The summed E-state index contributed by atoms with van der Waals surface area (Å²) in [5.74, 6) is 0. The number of halogens is 1. The first-order valence-electron chi connectivity index (χ1n) is 16.8. The first-order chi connectivity index (χ1) is 24.8. The van der Waals surface area contributed by atoms with Crippen LogP contribution in [0.15, 0.2) is 73.3 Å². The number of hydrogen-bond acceptors (Lipinski definition) is 10. The van der Waals surface area contributed by atoms with Crippen LogP contribution in [-0.4, -0.2) is 107 Å².